The maximum Gasteiger partial charge on any atom is 0.0930 e. The maximum atomic E-state index is 9.08. The highest BCUT2D eigenvalue weighted by Crippen LogP contribution is 2.16. The number of aromatic nitrogens is 1. The van der Waals surface area contributed by atoms with Crippen molar-refractivity contribution in [2.24, 2.45) is 5.92 Å². The van der Waals surface area contributed by atoms with E-state index in [2.05, 4.69) is 24.1 Å². The Morgan fingerprint density at radius 1 is 1.47 bits per heavy atom. The largest absolute Gasteiger partial charge is 0.392 e. The van der Waals surface area contributed by atoms with Gasteiger partial charge in [0.05, 0.1) is 11.1 Å². The smallest absolute Gasteiger partial charge is 0.0930 e. The van der Waals surface area contributed by atoms with E-state index in [1.807, 2.05) is 6.20 Å². The van der Waals surface area contributed by atoms with Crippen molar-refractivity contribution in [2.45, 2.75) is 39.8 Å². The summed E-state index contributed by atoms with van der Waals surface area (Å²) in [5.74, 6) is 0.662. The van der Waals surface area contributed by atoms with Gasteiger partial charge >= 0.3 is 0 Å². The minimum absolute atomic E-state index is 0.284. The van der Waals surface area contributed by atoms with Gasteiger partial charge in [-0.05, 0) is 12.8 Å². The molecule has 1 aromatic rings. The fourth-order valence-electron chi connectivity index (χ4n) is 1.28. The molecule has 0 amide bonds. The van der Waals surface area contributed by atoms with Crippen molar-refractivity contribution in [1.82, 2.24) is 10.3 Å². The highest BCUT2D eigenvalue weighted by Gasteiger charge is 2.04. The fourth-order valence-corrected chi connectivity index (χ4v) is 2.38. The second kappa shape index (κ2) is 6.20. The Balaban J connectivity index is 2.33. The van der Waals surface area contributed by atoms with Crippen LogP contribution in [0.15, 0.2) is 6.20 Å². The Kier molecular flexibility index (Phi) is 5.22. The zero-order chi connectivity index (χ0) is 11.3. The first kappa shape index (κ1) is 12.6. The van der Waals surface area contributed by atoms with Crippen LogP contribution in [0, 0.1) is 5.92 Å². The Morgan fingerprint density at radius 2 is 2.20 bits per heavy atom. The van der Waals surface area contributed by atoms with E-state index in [-0.39, 0.29) is 6.10 Å². The lowest BCUT2D eigenvalue weighted by Crippen LogP contribution is -2.23. The number of hydrogen-bond donors (Lipinski definition) is 2. The lowest BCUT2D eigenvalue weighted by atomic mass is 10.1. The average Bonchev–Trinajstić information content (AvgIpc) is 2.50. The molecule has 2 N–H and O–H groups in total. The van der Waals surface area contributed by atoms with Crippen molar-refractivity contribution in [3.63, 3.8) is 0 Å². The van der Waals surface area contributed by atoms with E-state index >= 15 is 0 Å². The molecule has 3 nitrogen and oxygen atoms in total. The molecule has 0 unspecified atom stereocenters. The van der Waals surface area contributed by atoms with Gasteiger partial charge in [0, 0.05) is 30.6 Å². The number of thiazole rings is 1. The Bertz CT molecular complexity index is 284. The summed E-state index contributed by atoms with van der Waals surface area (Å²) < 4.78 is 0. The van der Waals surface area contributed by atoms with E-state index in [4.69, 9.17) is 5.11 Å². The predicted octanol–water partition coefficient (Wildman–Crippen LogP) is 1.81. The molecule has 0 spiro atoms. The Labute approximate surface area is 95.6 Å². The number of nitrogens with one attached hydrogen (secondary N) is 1. The molecule has 15 heavy (non-hydrogen) atoms. The van der Waals surface area contributed by atoms with Crippen LogP contribution < -0.4 is 5.32 Å². The third-order valence-corrected chi connectivity index (χ3v) is 2.94. The number of hydrogen-bond acceptors (Lipinski definition) is 4. The third-order valence-electron chi connectivity index (χ3n) is 1.92. The van der Waals surface area contributed by atoms with Crippen LogP contribution >= 0.6 is 11.3 Å². The van der Waals surface area contributed by atoms with Gasteiger partial charge in [0.1, 0.15) is 0 Å². The molecule has 1 atom stereocenters. The highest BCUT2D eigenvalue weighted by atomic mass is 32.1. The van der Waals surface area contributed by atoms with Crippen molar-refractivity contribution in [2.75, 3.05) is 6.54 Å². The van der Waals surface area contributed by atoms with E-state index in [0.717, 1.165) is 13.0 Å². The molecule has 0 bridgehead atoms. The number of nitrogens with zero attached hydrogens (tertiary/aromatic N) is 1. The topological polar surface area (TPSA) is 45.2 Å². The van der Waals surface area contributed by atoms with E-state index in [0.29, 0.717) is 12.5 Å². The highest BCUT2D eigenvalue weighted by molar-refractivity contribution is 7.11. The van der Waals surface area contributed by atoms with Gasteiger partial charge in [-0.2, -0.15) is 0 Å². The molecular weight excluding hydrogens is 208 g/mol. The second-order valence-corrected chi connectivity index (χ2v) is 5.50. The molecule has 1 heterocycles. The zero-order valence-corrected chi connectivity index (χ0v) is 10.5. The van der Waals surface area contributed by atoms with Crippen LogP contribution in [-0.4, -0.2) is 22.7 Å². The lowest BCUT2D eigenvalue weighted by Gasteiger charge is -2.04. The van der Waals surface area contributed by atoms with Gasteiger partial charge in [-0.3, -0.25) is 0 Å². The van der Waals surface area contributed by atoms with Crippen molar-refractivity contribution in [3.8, 4) is 0 Å². The molecule has 0 fully saturated rings. The first-order valence-electron chi connectivity index (χ1n) is 5.40. The van der Waals surface area contributed by atoms with Crippen LogP contribution in [0.4, 0.5) is 0 Å². The molecule has 0 saturated heterocycles. The summed E-state index contributed by atoms with van der Waals surface area (Å²) in [4.78, 5) is 5.61. The van der Waals surface area contributed by atoms with Crippen LogP contribution in [0.3, 0.4) is 0 Å². The van der Waals surface area contributed by atoms with Crippen molar-refractivity contribution >= 4 is 11.3 Å². The van der Waals surface area contributed by atoms with Crippen molar-refractivity contribution in [1.29, 1.82) is 0 Å². The SMILES string of the molecule is CC(C)Cc1ncc(CNC[C@@H](C)O)s1. The normalized spacial score (nSPS) is 13.4. The van der Waals surface area contributed by atoms with E-state index < -0.39 is 0 Å². The van der Waals surface area contributed by atoms with Crippen LogP contribution in [0.2, 0.25) is 0 Å². The summed E-state index contributed by atoms with van der Waals surface area (Å²) in [7, 11) is 0. The summed E-state index contributed by atoms with van der Waals surface area (Å²) in [5.41, 5.74) is 0. The van der Waals surface area contributed by atoms with Gasteiger partial charge in [-0.1, -0.05) is 13.8 Å². The van der Waals surface area contributed by atoms with Crippen molar-refractivity contribution in [3.05, 3.63) is 16.1 Å². The number of aliphatic hydroxyl groups excluding tert-OH is 1. The van der Waals surface area contributed by atoms with E-state index in [9.17, 15) is 0 Å². The summed E-state index contributed by atoms with van der Waals surface area (Å²) in [6, 6.07) is 0. The fraction of sp³-hybridized carbons (Fsp3) is 0.727. The molecule has 0 aliphatic carbocycles. The monoisotopic (exact) mass is 228 g/mol. The molecule has 0 radical (unpaired) electrons. The Morgan fingerprint density at radius 3 is 2.80 bits per heavy atom. The van der Waals surface area contributed by atoms with Gasteiger partial charge in [0.2, 0.25) is 0 Å². The number of aliphatic hydroxyl groups is 1. The molecule has 4 heteroatoms. The van der Waals surface area contributed by atoms with Gasteiger partial charge < -0.3 is 10.4 Å². The standard InChI is InChI=1S/C11H20N2OS/c1-8(2)4-11-13-7-10(15-11)6-12-5-9(3)14/h7-9,12,14H,4-6H2,1-3H3/t9-/m1/s1. The first-order chi connectivity index (χ1) is 7.08. The van der Waals surface area contributed by atoms with Crippen LogP contribution in [0.25, 0.3) is 0 Å². The van der Waals surface area contributed by atoms with Gasteiger partial charge in [0.25, 0.3) is 0 Å². The van der Waals surface area contributed by atoms with E-state index in [1.165, 1.54) is 9.88 Å². The Hall–Kier alpha value is -0.450. The molecule has 0 aliphatic rings. The minimum Gasteiger partial charge on any atom is -0.392 e. The second-order valence-electron chi connectivity index (χ2n) is 4.30. The molecule has 0 aromatic carbocycles. The molecule has 86 valence electrons. The van der Waals surface area contributed by atoms with Gasteiger partial charge in [0.15, 0.2) is 0 Å². The van der Waals surface area contributed by atoms with Crippen LogP contribution in [0.1, 0.15) is 30.7 Å². The zero-order valence-electron chi connectivity index (χ0n) is 9.66. The van der Waals surface area contributed by atoms with Gasteiger partial charge in [-0.15, -0.1) is 11.3 Å². The summed E-state index contributed by atoms with van der Waals surface area (Å²) in [5, 5.41) is 13.5. The van der Waals surface area contributed by atoms with Crippen molar-refractivity contribution < 1.29 is 5.11 Å². The average molecular weight is 228 g/mol. The predicted molar refractivity (Wildman–Crippen MR) is 64.0 cm³/mol. The molecule has 1 rings (SSSR count). The maximum absolute atomic E-state index is 9.08. The van der Waals surface area contributed by atoms with E-state index in [1.54, 1.807) is 18.3 Å². The molecule has 0 saturated carbocycles. The lowest BCUT2D eigenvalue weighted by molar-refractivity contribution is 0.191. The summed E-state index contributed by atoms with van der Waals surface area (Å²) in [6.45, 7) is 7.63. The summed E-state index contributed by atoms with van der Waals surface area (Å²) in [6.07, 6.45) is 2.70. The summed E-state index contributed by atoms with van der Waals surface area (Å²) >= 11 is 1.76. The van der Waals surface area contributed by atoms with Gasteiger partial charge in [-0.25, -0.2) is 4.98 Å². The quantitative estimate of drug-likeness (QED) is 0.780. The molecule has 0 aliphatic heterocycles. The van der Waals surface area contributed by atoms with Crippen LogP contribution in [0.5, 0.6) is 0 Å². The number of rotatable bonds is 6. The third kappa shape index (κ3) is 5.25. The first-order valence-corrected chi connectivity index (χ1v) is 6.22. The minimum atomic E-state index is -0.284. The molecule has 1 aromatic heterocycles. The van der Waals surface area contributed by atoms with Crippen LogP contribution in [-0.2, 0) is 13.0 Å². The molecular formula is C11H20N2OS.